The average Bonchev–Trinajstić information content (AvgIpc) is 2.86. The van der Waals surface area contributed by atoms with Crippen LogP contribution in [-0.2, 0) is 9.59 Å². The minimum atomic E-state index is -0.629. The summed E-state index contributed by atoms with van der Waals surface area (Å²) in [5, 5.41) is 5.11. The number of benzene rings is 1. The zero-order valence-corrected chi connectivity index (χ0v) is 16.6. The molecule has 2 rings (SSSR count). The van der Waals surface area contributed by atoms with Crippen molar-refractivity contribution >= 4 is 52.1 Å². The molecule has 0 aromatic heterocycles. The number of halogens is 1. The van der Waals surface area contributed by atoms with Crippen molar-refractivity contribution in [3.8, 4) is 0 Å². The van der Waals surface area contributed by atoms with E-state index in [0.717, 1.165) is 11.8 Å². The number of carbonyl (C=O) groups is 3. The van der Waals surface area contributed by atoms with E-state index in [2.05, 4.69) is 15.6 Å². The summed E-state index contributed by atoms with van der Waals surface area (Å²) in [5.74, 6) is -0.698. The van der Waals surface area contributed by atoms with Gasteiger partial charge in [-0.1, -0.05) is 35.5 Å². The Hall–Kier alpha value is -2.06. The van der Waals surface area contributed by atoms with Gasteiger partial charge in [0.25, 0.3) is 5.91 Å². The van der Waals surface area contributed by atoms with Crippen LogP contribution in [0.5, 0.6) is 0 Å². The van der Waals surface area contributed by atoms with Crippen LogP contribution in [0.1, 0.15) is 27.7 Å². The Balaban J connectivity index is 2.04. The van der Waals surface area contributed by atoms with Gasteiger partial charge in [0.15, 0.2) is 5.17 Å². The molecule has 9 heteroatoms. The molecule has 1 atom stereocenters. The van der Waals surface area contributed by atoms with E-state index in [-0.39, 0.29) is 12.5 Å². The average molecular weight is 397 g/mol. The topological polar surface area (TPSA) is 90.9 Å². The highest BCUT2D eigenvalue weighted by molar-refractivity contribution is 8.15. The Morgan fingerprint density at radius 3 is 2.58 bits per heavy atom. The molecule has 1 aliphatic rings. The SMILES string of the molecule is C[C@H](SC1=NCC(=O)N1c1ccccc1Cl)C(=O)NC(=O)NC(C)(C)C. The molecular formula is C17H21ClN4O3S. The van der Waals surface area contributed by atoms with Crippen molar-refractivity contribution in [3.05, 3.63) is 29.3 Å². The fourth-order valence-corrected chi connectivity index (χ4v) is 3.29. The summed E-state index contributed by atoms with van der Waals surface area (Å²) in [6, 6.07) is 6.35. The van der Waals surface area contributed by atoms with Gasteiger partial charge in [0.1, 0.15) is 6.54 Å². The van der Waals surface area contributed by atoms with E-state index in [4.69, 9.17) is 11.6 Å². The third-order valence-corrected chi connectivity index (χ3v) is 4.67. The van der Waals surface area contributed by atoms with Gasteiger partial charge in [-0.15, -0.1) is 0 Å². The van der Waals surface area contributed by atoms with Crippen molar-refractivity contribution in [1.29, 1.82) is 0 Å². The Morgan fingerprint density at radius 2 is 1.96 bits per heavy atom. The number of thioether (sulfide) groups is 1. The molecule has 0 fully saturated rings. The number of urea groups is 1. The first-order valence-electron chi connectivity index (χ1n) is 8.00. The van der Waals surface area contributed by atoms with Crippen molar-refractivity contribution in [1.82, 2.24) is 10.6 Å². The Kier molecular flexibility index (Phi) is 6.30. The number of imide groups is 1. The van der Waals surface area contributed by atoms with Crippen LogP contribution < -0.4 is 15.5 Å². The van der Waals surface area contributed by atoms with Crippen LogP contribution in [0, 0.1) is 0 Å². The van der Waals surface area contributed by atoms with E-state index in [1.807, 2.05) is 20.8 Å². The standard InChI is InChI=1S/C17H21ClN4O3S/c1-10(14(24)20-15(25)21-17(2,3)4)26-16-19-9-13(23)22(16)12-8-6-5-7-11(12)18/h5-8,10H,9H2,1-4H3,(H2,20,21,24,25)/t10-/m0/s1. The summed E-state index contributed by atoms with van der Waals surface area (Å²) in [7, 11) is 0. The molecule has 0 saturated heterocycles. The molecule has 2 N–H and O–H groups in total. The van der Waals surface area contributed by atoms with E-state index in [1.165, 1.54) is 4.90 Å². The van der Waals surface area contributed by atoms with Crippen molar-refractivity contribution in [2.75, 3.05) is 11.4 Å². The number of para-hydroxylation sites is 1. The monoisotopic (exact) mass is 396 g/mol. The molecule has 26 heavy (non-hydrogen) atoms. The summed E-state index contributed by atoms with van der Waals surface area (Å²) < 4.78 is 0. The highest BCUT2D eigenvalue weighted by Gasteiger charge is 2.32. The zero-order chi connectivity index (χ0) is 19.5. The minimum Gasteiger partial charge on any atom is -0.333 e. The number of hydrogen-bond donors (Lipinski definition) is 2. The van der Waals surface area contributed by atoms with Gasteiger partial charge < -0.3 is 5.32 Å². The normalized spacial score (nSPS) is 15.5. The van der Waals surface area contributed by atoms with Crippen molar-refractivity contribution in [2.45, 2.75) is 38.5 Å². The number of amides is 4. The summed E-state index contributed by atoms with van der Waals surface area (Å²) in [6.45, 7) is 7.08. The maximum Gasteiger partial charge on any atom is 0.321 e. The van der Waals surface area contributed by atoms with Gasteiger partial charge in [-0.25, -0.2) is 4.79 Å². The quantitative estimate of drug-likeness (QED) is 0.821. The Labute approximate surface area is 161 Å². The van der Waals surface area contributed by atoms with Crippen molar-refractivity contribution < 1.29 is 14.4 Å². The second kappa shape index (κ2) is 8.09. The lowest BCUT2D eigenvalue weighted by Gasteiger charge is -2.22. The number of rotatable bonds is 3. The van der Waals surface area contributed by atoms with E-state index in [0.29, 0.717) is 15.9 Å². The van der Waals surface area contributed by atoms with Crippen LogP contribution in [0.2, 0.25) is 5.02 Å². The predicted molar refractivity (Wildman–Crippen MR) is 105 cm³/mol. The van der Waals surface area contributed by atoms with E-state index < -0.39 is 22.7 Å². The van der Waals surface area contributed by atoms with Crippen LogP contribution in [0.4, 0.5) is 10.5 Å². The van der Waals surface area contributed by atoms with Crippen LogP contribution in [0.15, 0.2) is 29.3 Å². The number of hydrogen-bond acceptors (Lipinski definition) is 5. The second-order valence-electron chi connectivity index (χ2n) is 6.73. The fourth-order valence-electron chi connectivity index (χ4n) is 2.14. The molecule has 0 bridgehead atoms. The van der Waals surface area contributed by atoms with E-state index in [1.54, 1.807) is 31.2 Å². The van der Waals surface area contributed by atoms with Crippen molar-refractivity contribution in [3.63, 3.8) is 0 Å². The predicted octanol–water partition coefficient (Wildman–Crippen LogP) is 2.79. The highest BCUT2D eigenvalue weighted by Crippen LogP contribution is 2.31. The molecular weight excluding hydrogens is 376 g/mol. The first-order valence-corrected chi connectivity index (χ1v) is 9.26. The summed E-state index contributed by atoms with van der Waals surface area (Å²) in [4.78, 5) is 41.9. The molecule has 0 spiro atoms. The molecule has 0 saturated carbocycles. The molecule has 0 unspecified atom stereocenters. The van der Waals surface area contributed by atoms with E-state index >= 15 is 0 Å². The third-order valence-electron chi connectivity index (χ3n) is 3.26. The molecule has 0 radical (unpaired) electrons. The van der Waals surface area contributed by atoms with Crippen molar-refractivity contribution in [2.24, 2.45) is 4.99 Å². The zero-order valence-electron chi connectivity index (χ0n) is 15.0. The Bertz CT molecular complexity index is 761. The number of anilines is 1. The minimum absolute atomic E-state index is 0.00753. The lowest BCUT2D eigenvalue weighted by molar-refractivity contribution is -0.119. The molecule has 7 nitrogen and oxygen atoms in total. The fraction of sp³-hybridized carbons (Fsp3) is 0.412. The summed E-state index contributed by atoms with van der Waals surface area (Å²) >= 11 is 7.27. The van der Waals surface area contributed by atoms with Gasteiger partial charge in [0.05, 0.1) is 16.0 Å². The highest BCUT2D eigenvalue weighted by atomic mass is 35.5. The lowest BCUT2D eigenvalue weighted by Crippen LogP contribution is -2.50. The molecule has 0 aliphatic carbocycles. The van der Waals surface area contributed by atoms with Gasteiger partial charge in [0, 0.05) is 5.54 Å². The first-order chi connectivity index (χ1) is 12.1. The number of nitrogens with zero attached hydrogens (tertiary/aromatic N) is 2. The van der Waals surface area contributed by atoms with Gasteiger partial charge in [0.2, 0.25) is 5.91 Å². The Morgan fingerprint density at radius 1 is 1.31 bits per heavy atom. The van der Waals surface area contributed by atoms with Crippen LogP contribution in [-0.4, -0.2) is 40.3 Å². The molecule has 1 aromatic carbocycles. The largest absolute Gasteiger partial charge is 0.333 e. The second-order valence-corrected chi connectivity index (χ2v) is 8.45. The van der Waals surface area contributed by atoms with Gasteiger partial charge in [-0.3, -0.25) is 24.8 Å². The van der Waals surface area contributed by atoms with Gasteiger partial charge in [-0.2, -0.15) is 0 Å². The van der Waals surface area contributed by atoms with E-state index in [9.17, 15) is 14.4 Å². The molecule has 1 heterocycles. The van der Waals surface area contributed by atoms with Crippen LogP contribution in [0.3, 0.4) is 0 Å². The molecule has 4 amide bonds. The van der Waals surface area contributed by atoms with Gasteiger partial charge in [-0.05, 0) is 39.8 Å². The number of carbonyl (C=O) groups excluding carboxylic acids is 3. The summed E-state index contributed by atoms with van der Waals surface area (Å²) in [6.07, 6.45) is 0. The molecule has 1 aliphatic heterocycles. The smallest absolute Gasteiger partial charge is 0.321 e. The van der Waals surface area contributed by atoms with Crippen LogP contribution in [0.25, 0.3) is 0 Å². The third kappa shape index (κ3) is 5.22. The van der Waals surface area contributed by atoms with Crippen LogP contribution >= 0.6 is 23.4 Å². The molecule has 140 valence electrons. The molecule has 1 aromatic rings. The number of aliphatic imine (C=N–C) groups is 1. The van der Waals surface area contributed by atoms with Gasteiger partial charge >= 0.3 is 6.03 Å². The maximum atomic E-state index is 12.2. The summed E-state index contributed by atoms with van der Waals surface area (Å²) in [5.41, 5.74) is 0.0600. The first kappa shape index (κ1) is 20.3. The number of amidine groups is 1. The maximum absolute atomic E-state index is 12.2. The lowest BCUT2D eigenvalue weighted by atomic mass is 10.1. The number of nitrogens with one attached hydrogen (secondary N) is 2.